The number of nitriles is 1. The fraction of sp³-hybridized carbons (Fsp3) is 0.0476. The lowest BCUT2D eigenvalue weighted by Crippen LogP contribution is -2.05. The number of hydrogen-bond acceptors (Lipinski definition) is 6. The lowest BCUT2D eigenvalue weighted by molar-refractivity contribution is 0.101. The molecular weight excluding hydrogens is 356 g/mol. The summed E-state index contributed by atoms with van der Waals surface area (Å²) in [5, 5.41) is 9.22. The smallest absolute Gasteiger partial charge is 0.163 e. The molecule has 2 aromatic carbocycles. The highest BCUT2D eigenvalue weighted by atomic mass is 32.1. The van der Waals surface area contributed by atoms with Crippen molar-refractivity contribution in [2.24, 2.45) is 0 Å². The number of Topliss-reactive ketones (excluding diaryl/α,β-unsaturated/α-hetero) is 1. The summed E-state index contributed by atoms with van der Waals surface area (Å²) in [7, 11) is 0. The highest BCUT2D eigenvalue weighted by molar-refractivity contribution is 7.16. The molecule has 0 atom stereocenters. The Morgan fingerprint density at radius 3 is 2.78 bits per heavy atom. The first kappa shape index (κ1) is 16.9. The minimum Gasteiger partial charge on any atom is -0.383 e. The molecule has 4 rings (SSSR count). The molecule has 2 N–H and O–H groups in total. The molecule has 2 aromatic heterocycles. The van der Waals surface area contributed by atoms with E-state index in [1.807, 2.05) is 24.3 Å². The van der Waals surface area contributed by atoms with E-state index in [1.165, 1.54) is 6.92 Å². The predicted molar refractivity (Wildman–Crippen MR) is 107 cm³/mol. The van der Waals surface area contributed by atoms with Crippen molar-refractivity contribution < 1.29 is 4.79 Å². The van der Waals surface area contributed by atoms with Crippen molar-refractivity contribution >= 4 is 33.2 Å². The quantitative estimate of drug-likeness (QED) is 0.529. The number of nitrogens with zero attached hydrogens (tertiary/aromatic N) is 3. The molecule has 0 aliphatic carbocycles. The topological polar surface area (TPSA) is 92.7 Å². The van der Waals surface area contributed by atoms with Gasteiger partial charge in [0.2, 0.25) is 0 Å². The third kappa shape index (κ3) is 3.05. The highest BCUT2D eigenvalue weighted by Gasteiger charge is 2.16. The third-order valence-electron chi connectivity index (χ3n) is 4.34. The number of nitrogen functional groups attached to an aromatic ring is 1. The molecule has 0 radical (unpaired) electrons. The molecule has 27 heavy (non-hydrogen) atoms. The Morgan fingerprint density at radius 1 is 1.15 bits per heavy atom. The number of carbonyl (C=O) groups excluding carboxylic acids is 1. The van der Waals surface area contributed by atoms with Crippen molar-refractivity contribution in [1.82, 2.24) is 9.97 Å². The van der Waals surface area contributed by atoms with E-state index < -0.39 is 0 Å². The van der Waals surface area contributed by atoms with Crippen LogP contribution in [-0.4, -0.2) is 15.8 Å². The summed E-state index contributed by atoms with van der Waals surface area (Å²) in [5.41, 5.74) is 12.8. The van der Waals surface area contributed by atoms with E-state index >= 15 is 0 Å². The average Bonchev–Trinajstić information content (AvgIpc) is 3.15. The Kier molecular flexibility index (Phi) is 4.15. The van der Waals surface area contributed by atoms with Crippen LogP contribution in [0.15, 0.2) is 54.0 Å². The zero-order chi connectivity index (χ0) is 19.0. The molecule has 0 aliphatic heterocycles. The van der Waals surface area contributed by atoms with Gasteiger partial charge in [0.15, 0.2) is 5.78 Å². The predicted octanol–water partition coefficient (Wildman–Crippen LogP) is 4.68. The molecule has 0 fully saturated rings. The third-order valence-corrected chi connectivity index (χ3v) is 5.13. The Bertz CT molecular complexity index is 1240. The first-order chi connectivity index (χ1) is 13.1. The minimum absolute atomic E-state index is 0.141. The van der Waals surface area contributed by atoms with E-state index in [2.05, 4.69) is 16.0 Å². The summed E-state index contributed by atoms with van der Waals surface area (Å²) in [6.45, 7) is 1.47. The van der Waals surface area contributed by atoms with E-state index in [-0.39, 0.29) is 11.6 Å². The Labute approximate surface area is 159 Å². The van der Waals surface area contributed by atoms with Crippen LogP contribution in [0.4, 0.5) is 5.82 Å². The van der Waals surface area contributed by atoms with E-state index in [0.717, 1.165) is 26.9 Å². The second-order valence-corrected chi connectivity index (χ2v) is 6.99. The number of aromatic nitrogens is 2. The molecule has 0 aliphatic rings. The average molecular weight is 370 g/mol. The van der Waals surface area contributed by atoms with Crippen LogP contribution in [0.25, 0.3) is 32.6 Å². The van der Waals surface area contributed by atoms with Gasteiger partial charge in [0.1, 0.15) is 5.82 Å². The summed E-state index contributed by atoms with van der Waals surface area (Å²) in [5.74, 6) is 0.0416. The largest absolute Gasteiger partial charge is 0.383 e. The van der Waals surface area contributed by atoms with Crippen molar-refractivity contribution in [3.05, 3.63) is 65.2 Å². The summed E-state index contributed by atoms with van der Waals surface area (Å²) in [6.07, 6.45) is 0. The lowest BCUT2D eigenvalue weighted by atomic mass is 9.96. The maximum atomic E-state index is 12.0. The summed E-state index contributed by atoms with van der Waals surface area (Å²) < 4.78 is 1.05. The van der Waals surface area contributed by atoms with Gasteiger partial charge in [-0.3, -0.25) is 4.79 Å². The zero-order valence-corrected chi connectivity index (χ0v) is 15.2. The SMILES string of the molecule is CC(=O)c1cc(-c2ccc3ncsc3c2)c(-c2cccc(C#N)c2)nc1N. The number of benzene rings is 2. The van der Waals surface area contributed by atoms with Crippen LogP contribution < -0.4 is 5.73 Å². The molecule has 0 unspecified atom stereocenters. The number of rotatable bonds is 3. The second-order valence-electron chi connectivity index (χ2n) is 6.10. The molecular formula is C21H14N4OS. The maximum Gasteiger partial charge on any atom is 0.163 e. The molecule has 6 heteroatoms. The summed E-state index contributed by atoms with van der Waals surface area (Å²) in [6, 6.07) is 17.0. The minimum atomic E-state index is -0.141. The number of thiazole rings is 1. The molecule has 2 heterocycles. The van der Waals surface area contributed by atoms with Gasteiger partial charge in [-0.05, 0) is 42.8 Å². The zero-order valence-electron chi connectivity index (χ0n) is 14.4. The van der Waals surface area contributed by atoms with Crippen LogP contribution in [0.3, 0.4) is 0 Å². The van der Waals surface area contributed by atoms with E-state index in [0.29, 0.717) is 16.8 Å². The lowest BCUT2D eigenvalue weighted by Gasteiger charge is -2.13. The van der Waals surface area contributed by atoms with Crippen LogP contribution in [0.1, 0.15) is 22.8 Å². The summed E-state index contributed by atoms with van der Waals surface area (Å²) in [4.78, 5) is 20.8. The fourth-order valence-electron chi connectivity index (χ4n) is 3.01. The Balaban J connectivity index is 2.01. The first-order valence-electron chi connectivity index (χ1n) is 8.22. The highest BCUT2D eigenvalue weighted by Crippen LogP contribution is 2.35. The van der Waals surface area contributed by atoms with Crippen molar-refractivity contribution in [2.45, 2.75) is 6.92 Å². The van der Waals surface area contributed by atoms with E-state index in [9.17, 15) is 10.1 Å². The number of pyridine rings is 1. The van der Waals surface area contributed by atoms with Gasteiger partial charge in [-0.1, -0.05) is 18.2 Å². The van der Waals surface area contributed by atoms with Crippen LogP contribution in [0, 0.1) is 11.3 Å². The van der Waals surface area contributed by atoms with Gasteiger partial charge in [0, 0.05) is 11.1 Å². The van der Waals surface area contributed by atoms with Gasteiger partial charge in [0.25, 0.3) is 0 Å². The van der Waals surface area contributed by atoms with Gasteiger partial charge < -0.3 is 5.73 Å². The van der Waals surface area contributed by atoms with E-state index in [4.69, 9.17) is 5.73 Å². The standard InChI is InChI=1S/C21H14N4OS/c1-12(26)16-9-17(14-5-6-18-19(8-14)27-11-24-18)20(25-21(16)23)15-4-2-3-13(7-15)10-22/h2-9,11H,1H3,(H2,23,25). The number of ketones is 1. The van der Waals surface area contributed by atoms with Crippen LogP contribution >= 0.6 is 11.3 Å². The van der Waals surface area contributed by atoms with E-state index in [1.54, 1.807) is 41.1 Å². The van der Waals surface area contributed by atoms with Crippen LogP contribution in [-0.2, 0) is 0 Å². The molecule has 0 saturated heterocycles. The van der Waals surface area contributed by atoms with Crippen molar-refractivity contribution in [3.8, 4) is 28.5 Å². The fourth-order valence-corrected chi connectivity index (χ4v) is 3.72. The molecule has 130 valence electrons. The molecule has 0 saturated carbocycles. The van der Waals surface area contributed by atoms with Crippen LogP contribution in [0.5, 0.6) is 0 Å². The number of anilines is 1. The van der Waals surface area contributed by atoms with Crippen LogP contribution in [0.2, 0.25) is 0 Å². The molecule has 0 bridgehead atoms. The molecule has 0 amide bonds. The van der Waals surface area contributed by atoms with Gasteiger partial charge in [-0.15, -0.1) is 11.3 Å². The van der Waals surface area contributed by atoms with Gasteiger partial charge in [-0.2, -0.15) is 5.26 Å². The number of fused-ring (bicyclic) bond motifs is 1. The van der Waals surface area contributed by atoms with Crippen molar-refractivity contribution in [1.29, 1.82) is 5.26 Å². The monoisotopic (exact) mass is 370 g/mol. The molecule has 5 nitrogen and oxygen atoms in total. The van der Waals surface area contributed by atoms with Gasteiger partial charge in [-0.25, -0.2) is 9.97 Å². The Morgan fingerprint density at radius 2 is 2.00 bits per heavy atom. The summed E-state index contributed by atoms with van der Waals surface area (Å²) >= 11 is 1.55. The molecule has 4 aromatic rings. The van der Waals surface area contributed by atoms with Crippen molar-refractivity contribution in [3.63, 3.8) is 0 Å². The normalized spacial score (nSPS) is 10.7. The first-order valence-corrected chi connectivity index (χ1v) is 9.10. The second kappa shape index (κ2) is 6.63. The number of carbonyl (C=O) groups is 1. The number of nitrogens with two attached hydrogens (primary N) is 1. The van der Waals surface area contributed by atoms with Crippen molar-refractivity contribution in [2.75, 3.05) is 5.73 Å². The molecule has 0 spiro atoms. The number of hydrogen-bond donors (Lipinski definition) is 1. The van der Waals surface area contributed by atoms with Gasteiger partial charge >= 0.3 is 0 Å². The maximum absolute atomic E-state index is 12.0. The Hall–Kier alpha value is -3.56. The van der Waals surface area contributed by atoms with Gasteiger partial charge in [0.05, 0.1) is 38.6 Å².